The normalized spacial score (nSPS) is 14.0. The molecule has 15 heteroatoms. The fourth-order valence-electron chi connectivity index (χ4n) is 4.76. The maximum Gasteiger partial charge on any atom is 0.471 e. The fourth-order valence-corrected chi connectivity index (χ4v) is 5.04. The number of Topliss-reactive ketones (excluding diaryl/α,β-unsaturated/α-hetero) is 1. The summed E-state index contributed by atoms with van der Waals surface area (Å²) < 4.78 is 24.5. The van der Waals surface area contributed by atoms with Crippen LogP contribution < -0.4 is 4.74 Å². The molecule has 0 spiro atoms. The predicted molar refractivity (Wildman–Crippen MR) is 145 cm³/mol. The Bertz CT molecular complexity index is 1670. The second-order valence-electron chi connectivity index (χ2n) is 9.29. The first-order chi connectivity index (χ1) is 19.6. The molecule has 4 aromatic rings. The van der Waals surface area contributed by atoms with E-state index < -0.39 is 26.2 Å². The van der Waals surface area contributed by atoms with Crippen molar-refractivity contribution in [3.8, 4) is 11.4 Å². The second-order valence-corrected chi connectivity index (χ2v) is 10.5. The van der Waals surface area contributed by atoms with Gasteiger partial charge < -0.3 is 28.9 Å². The van der Waals surface area contributed by atoms with E-state index in [1.165, 1.54) is 33.8 Å². The number of methoxy groups -OCH3 is 1. The van der Waals surface area contributed by atoms with Crippen molar-refractivity contribution in [3.05, 3.63) is 71.9 Å². The van der Waals surface area contributed by atoms with Crippen LogP contribution in [0.2, 0.25) is 0 Å². The lowest BCUT2D eigenvalue weighted by Crippen LogP contribution is -2.52. The van der Waals surface area contributed by atoms with E-state index in [-0.39, 0.29) is 54.3 Å². The minimum atomic E-state index is -4.88. The van der Waals surface area contributed by atoms with Crippen molar-refractivity contribution in [2.24, 2.45) is 0 Å². The Morgan fingerprint density at radius 2 is 1.68 bits per heavy atom. The molecular formula is C26H27N6O8P. The van der Waals surface area contributed by atoms with Crippen molar-refractivity contribution in [1.82, 2.24) is 29.1 Å². The maximum absolute atomic E-state index is 13.7. The first-order valence-electron chi connectivity index (χ1n) is 12.5. The number of hydrogen-bond donors (Lipinski definition) is 2. The number of aryl methyl sites for hydroxylation is 1. The summed E-state index contributed by atoms with van der Waals surface area (Å²) >= 11 is 0. The molecular weight excluding hydrogens is 555 g/mol. The van der Waals surface area contributed by atoms with Gasteiger partial charge in [0.2, 0.25) is 0 Å². The van der Waals surface area contributed by atoms with Gasteiger partial charge in [0.25, 0.3) is 17.6 Å². The standard InChI is InChI=1S/C26H27N6O8P/c1-17-27-15-32(28-17)20-8-9-21(39-2)22-19(14-31(23(20)22)16-40-41(36,37)38)24(33)26(35)30-12-10-29(11-13-30)25(34)18-6-4-3-5-7-18/h3-9,14-15H,10-13,16H2,1-2H3,(H2,36,37,38). The van der Waals surface area contributed by atoms with Crippen LogP contribution in [0.3, 0.4) is 0 Å². The third-order valence-electron chi connectivity index (χ3n) is 6.71. The molecule has 0 aliphatic carbocycles. The highest BCUT2D eigenvalue weighted by molar-refractivity contribution is 7.46. The first-order valence-corrected chi connectivity index (χ1v) is 14.1. The van der Waals surface area contributed by atoms with Gasteiger partial charge in [-0.25, -0.2) is 14.2 Å². The summed E-state index contributed by atoms with van der Waals surface area (Å²) in [5.74, 6) is -1.06. The lowest BCUT2D eigenvalue weighted by atomic mass is 10.1. The summed E-state index contributed by atoms with van der Waals surface area (Å²) in [7, 11) is -3.48. The Kier molecular flexibility index (Phi) is 7.74. The molecule has 3 heterocycles. The number of hydrogen-bond acceptors (Lipinski definition) is 8. The van der Waals surface area contributed by atoms with E-state index in [9.17, 15) is 28.7 Å². The number of benzene rings is 2. The summed E-state index contributed by atoms with van der Waals surface area (Å²) in [4.78, 5) is 65.6. The van der Waals surface area contributed by atoms with Gasteiger partial charge in [0.15, 0.2) is 0 Å². The number of ether oxygens (including phenoxy) is 1. The third kappa shape index (κ3) is 5.77. The summed E-state index contributed by atoms with van der Waals surface area (Å²) in [5.41, 5.74) is 1.20. The summed E-state index contributed by atoms with van der Waals surface area (Å²) in [6, 6.07) is 12.0. The van der Waals surface area contributed by atoms with Gasteiger partial charge in [-0.15, -0.1) is 0 Å². The number of ketones is 1. The quantitative estimate of drug-likeness (QED) is 0.177. The second kappa shape index (κ2) is 11.3. The number of amides is 2. The Balaban J connectivity index is 1.47. The molecule has 1 saturated heterocycles. The summed E-state index contributed by atoms with van der Waals surface area (Å²) in [5, 5.41) is 4.55. The number of phosphoric ester groups is 1. The highest BCUT2D eigenvalue weighted by Crippen LogP contribution is 2.39. The van der Waals surface area contributed by atoms with Crippen molar-refractivity contribution >= 4 is 36.3 Å². The number of fused-ring (bicyclic) bond motifs is 1. The van der Waals surface area contributed by atoms with E-state index >= 15 is 0 Å². The van der Waals surface area contributed by atoms with Crippen LogP contribution in [0, 0.1) is 6.92 Å². The van der Waals surface area contributed by atoms with Crippen LogP contribution >= 0.6 is 7.82 Å². The van der Waals surface area contributed by atoms with Crippen molar-refractivity contribution in [1.29, 1.82) is 0 Å². The number of carbonyl (C=O) groups excluding carboxylic acids is 3. The van der Waals surface area contributed by atoms with E-state index in [4.69, 9.17) is 9.26 Å². The van der Waals surface area contributed by atoms with Gasteiger partial charge in [0, 0.05) is 37.9 Å². The third-order valence-corrected chi connectivity index (χ3v) is 7.16. The largest absolute Gasteiger partial charge is 0.496 e. The van der Waals surface area contributed by atoms with Crippen molar-refractivity contribution < 1.29 is 38.0 Å². The average molecular weight is 583 g/mol. The van der Waals surface area contributed by atoms with Crippen LogP contribution in [-0.4, -0.2) is 89.8 Å². The number of aromatic nitrogens is 4. The van der Waals surface area contributed by atoms with Crippen molar-refractivity contribution in [2.45, 2.75) is 13.7 Å². The molecule has 5 rings (SSSR count). The Hall–Kier alpha value is -4.36. The van der Waals surface area contributed by atoms with Gasteiger partial charge in [-0.2, -0.15) is 5.10 Å². The zero-order valence-electron chi connectivity index (χ0n) is 22.2. The number of rotatable bonds is 8. The molecule has 2 aromatic heterocycles. The summed E-state index contributed by atoms with van der Waals surface area (Å²) in [6.45, 7) is 1.88. The van der Waals surface area contributed by atoms with E-state index in [2.05, 4.69) is 10.1 Å². The van der Waals surface area contributed by atoms with Gasteiger partial charge in [-0.3, -0.25) is 18.9 Å². The maximum atomic E-state index is 13.7. The van der Waals surface area contributed by atoms with Crippen LogP contribution in [0.15, 0.2) is 55.0 Å². The predicted octanol–water partition coefficient (Wildman–Crippen LogP) is 1.77. The molecule has 0 atom stereocenters. The van der Waals surface area contributed by atoms with Crippen LogP contribution in [0.25, 0.3) is 16.6 Å². The minimum Gasteiger partial charge on any atom is -0.496 e. The SMILES string of the molecule is COc1ccc(-n2cnc(C)n2)c2c1c(C(=O)C(=O)N1CCN(C(=O)c3ccccc3)CC1)cn2COP(=O)(O)O. The molecule has 0 bridgehead atoms. The van der Waals surface area contributed by atoms with Gasteiger partial charge in [0.1, 0.15) is 24.6 Å². The smallest absolute Gasteiger partial charge is 0.471 e. The van der Waals surface area contributed by atoms with E-state index in [0.717, 1.165) is 0 Å². The molecule has 14 nitrogen and oxygen atoms in total. The average Bonchev–Trinajstić information content (AvgIpc) is 3.58. The first kappa shape index (κ1) is 28.2. The van der Waals surface area contributed by atoms with Crippen LogP contribution in [0.4, 0.5) is 0 Å². The van der Waals surface area contributed by atoms with Gasteiger partial charge in [-0.1, -0.05) is 18.2 Å². The van der Waals surface area contributed by atoms with E-state index in [0.29, 0.717) is 17.1 Å². The Morgan fingerprint density at radius 3 is 2.29 bits per heavy atom. The van der Waals surface area contributed by atoms with Gasteiger partial charge >= 0.3 is 7.82 Å². The number of carbonyl (C=O) groups is 3. The number of nitrogens with zero attached hydrogens (tertiary/aromatic N) is 6. The van der Waals surface area contributed by atoms with Crippen LogP contribution in [0.1, 0.15) is 26.5 Å². The van der Waals surface area contributed by atoms with Crippen LogP contribution in [-0.2, 0) is 20.6 Å². The lowest BCUT2D eigenvalue weighted by molar-refractivity contribution is -0.127. The highest BCUT2D eigenvalue weighted by Gasteiger charge is 2.32. The molecule has 1 fully saturated rings. The topological polar surface area (TPSA) is 169 Å². The zero-order valence-corrected chi connectivity index (χ0v) is 23.1. The molecule has 41 heavy (non-hydrogen) atoms. The number of phosphoric acid groups is 1. The molecule has 2 N–H and O–H groups in total. The number of piperazine rings is 1. The molecule has 2 aromatic carbocycles. The van der Waals surface area contributed by atoms with E-state index in [1.807, 2.05) is 6.07 Å². The van der Waals surface area contributed by atoms with Gasteiger partial charge in [0.05, 0.1) is 29.3 Å². The molecule has 214 valence electrons. The monoisotopic (exact) mass is 582 g/mol. The van der Waals surface area contributed by atoms with E-state index in [1.54, 1.807) is 48.2 Å². The fraction of sp³-hybridized carbons (Fsp3) is 0.269. The molecule has 1 aliphatic rings. The lowest BCUT2D eigenvalue weighted by Gasteiger charge is -2.34. The highest BCUT2D eigenvalue weighted by atomic mass is 31.2. The van der Waals surface area contributed by atoms with Crippen molar-refractivity contribution in [3.63, 3.8) is 0 Å². The van der Waals surface area contributed by atoms with Crippen LogP contribution in [0.5, 0.6) is 5.75 Å². The van der Waals surface area contributed by atoms with Gasteiger partial charge in [-0.05, 0) is 31.2 Å². The Morgan fingerprint density at radius 1 is 1.00 bits per heavy atom. The minimum absolute atomic E-state index is 0.0439. The Labute approximate surface area is 233 Å². The molecule has 1 aliphatic heterocycles. The summed E-state index contributed by atoms with van der Waals surface area (Å²) in [6.07, 6.45) is 2.74. The molecule has 0 radical (unpaired) electrons. The molecule has 0 saturated carbocycles. The van der Waals surface area contributed by atoms with Crippen molar-refractivity contribution in [2.75, 3.05) is 33.3 Å². The zero-order chi connectivity index (χ0) is 29.3. The molecule has 2 amide bonds. The molecule has 0 unspecified atom stereocenters.